The number of hydrogen-bond acceptors (Lipinski definition) is 5. The minimum atomic E-state index is -0.274. The highest BCUT2D eigenvalue weighted by molar-refractivity contribution is 7.99. The molecule has 1 heterocycles. The van der Waals surface area contributed by atoms with Gasteiger partial charge in [-0.3, -0.25) is 4.79 Å². The number of halogens is 1. The Morgan fingerprint density at radius 1 is 1.24 bits per heavy atom. The number of nitrogens with one attached hydrogen (secondary N) is 1. The van der Waals surface area contributed by atoms with Gasteiger partial charge in [0.25, 0.3) is 0 Å². The molecule has 0 radical (unpaired) electrons. The predicted octanol–water partition coefficient (Wildman–Crippen LogP) is 4.96. The Labute approximate surface area is 179 Å². The van der Waals surface area contributed by atoms with Gasteiger partial charge in [-0.15, -0.1) is 10.2 Å². The predicted molar refractivity (Wildman–Crippen MR) is 117 cm³/mol. The Kier molecular flexibility index (Phi) is 6.82. The molecule has 0 saturated carbocycles. The number of thioether (sulfide) groups is 1. The third kappa shape index (κ3) is 5.52. The number of benzene rings is 2. The SMILES string of the molecule is Cc1ccc(OC(C)c2nnc(SCC(=O)Nc3cccc(Cl)c3)n2C)c(C)c1. The van der Waals surface area contributed by atoms with Crippen LogP contribution in [0.5, 0.6) is 5.75 Å². The molecule has 8 heteroatoms. The summed E-state index contributed by atoms with van der Waals surface area (Å²) in [6.45, 7) is 6.00. The Hall–Kier alpha value is -2.51. The van der Waals surface area contributed by atoms with Crippen molar-refractivity contribution in [2.24, 2.45) is 7.05 Å². The van der Waals surface area contributed by atoms with Gasteiger partial charge >= 0.3 is 0 Å². The van der Waals surface area contributed by atoms with Crippen molar-refractivity contribution in [2.75, 3.05) is 11.1 Å². The number of nitrogens with zero attached hydrogens (tertiary/aromatic N) is 3. The van der Waals surface area contributed by atoms with Crippen molar-refractivity contribution in [3.8, 4) is 5.75 Å². The molecule has 0 spiro atoms. The lowest BCUT2D eigenvalue weighted by Gasteiger charge is -2.16. The summed E-state index contributed by atoms with van der Waals surface area (Å²) in [5.41, 5.74) is 2.93. The fourth-order valence-electron chi connectivity index (χ4n) is 2.87. The van der Waals surface area contributed by atoms with E-state index in [1.54, 1.807) is 24.3 Å². The molecule has 0 aliphatic carbocycles. The third-order valence-corrected chi connectivity index (χ3v) is 5.56. The first-order valence-corrected chi connectivity index (χ1v) is 10.5. The molecule has 3 rings (SSSR count). The van der Waals surface area contributed by atoms with Crippen LogP contribution in [0.2, 0.25) is 5.02 Å². The first-order chi connectivity index (χ1) is 13.8. The van der Waals surface area contributed by atoms with Gasteiger partial charge in [0.15, 0.2) is 17.1 Å². The molecule has 3 aromatic rings. The number of anilines is 1. The monoisotopic (exact) mass is 430 g/mol. The van der Waals surface area contributed by atoms with Crippen LogP contribution in [-0.2, 0) is 11.8 Å². The zero-order valence-electron chi connectivity index (χ0n) is 16.8. The maximum Gasteiger partial charge on any atom is 0.234 e. The lowest BCUT2D eigenvalue weighted by Crippen LogP contribution is -2.15. The zero-order valence-corrected chi connectivity index (χ0v) is 18.3. The summed E-state index contributed by atoms with van der Waals surface area (Å²) in [5, 5.41) is 12.5. The van der Waals surface area contributed by atoms with Crippen LogP contribution in [-0.4, -0.2) is 26.4 Å². The Morgan fingerprint density at radius 2 is 2.03 bits per heavy atom. The van der Waals surface area contributed by atoms with Gasteiger partial charge in [-0.1, -0.05) is 47.1 Å². The largest absolute Gasteiger partial charge is 0.482 e. The summed E-state index contributed by atoms with van der Waals surface area (Å²) in [7, 11) is 1.87. The highest BCUT2D eigenvalue weighted by Crippen LogP contribution is 2.26. The van der Waals surface area contributed by atoms with Gasteiger partial charge in [0.1, 0.15) is 5.75 Å². The van der Waals surface area contributed by atoms with Crippen molar-refractivity contribution in [1.82, 2.24) is 14.8 Å². The first-order valence-electron chi connectivity index (χ1n) is 9.15. The normalized spacial score (nSPS) is 11.9. The first kappa shape index (κ1) is 21.2. The highest BCUT2D eigenvalue weighted by atomic mass is 35.5. The smallest absolute Gasteiger partial charge is 0.234 e. The van der Waals surface area contributed by atoms with E-state index >= 15 is 0 Å². The van der Waals surface area contributed by atoms with E-state index in [-0.39, 0.29) is 17.8 Å². The van der Waals surface area contributed by atoms with Crippen LogP contribution in [0.25, 0.3) is 0 Å². The van der Waals surface area contributed by atoms with Crippen LogP contribution in [0.4, 0.5) is 5.69 Å². The number of aryl methyl sites for hydroxylation is 2. The molecule has 1 N–H and O–H groups in total. The number of amides is 1. The van der Waals surface area contributed by atoms with Crippen LogP contribution in [0.1, 0.15) is 30.0 Å². The van der Waals surface area contributed by atoms with Crippen molar-refractivity contribution in [2.45, 2.75) is 32.0 Å². The van der Waals surface area contributed by atoms with Crippen molar-refractivity contribution in [1.29, 1.82) is 0 Å². The van der Waals surface area contributed by atoms with Gasteiger partial charge in [0.2, 0.25) is 5.91 Å². The van der Waals surface area contributed by atoms with E-state index in [1.165, 1.54) is 17.3 Å². The Bertz CT molecular complexity index is 1020. The van der Waals surface area contributed by atoms with Gasteiger partial charge < -0.3 is 14.6 Å². The maximum atomic E-state index is 12.2. The van der Waals surface area contributed by atoms with Gasteiger partial charge in [-0.05, 0) is 50.6 Å². The lowest BCUT2D eigenvalue weighted by molar-refractivity contribution is -0.113. The van der Waals surface area contributed by atoms with E-state index in [0.717, 1.165) is 11.3 Å². The molecule has 2 aromatic carbocycles. The molecule has 1 amide bonds. The standard InChI is InChI=1S/C21H23ClN4O2S/c1-13-8-9-18(14(2)10-13)28-15(3)20-24-25-21(26(20)4)29-12-19(27)23-17-7-5-6-16(22)11-17/h5-11,15H,12H2,1-4H3,(H,23,27). The molecule has 1 unspecified atom stereocenters. The fraction of sp³-hybridized carbons (Fsp3) is 0.286. The van der Waals surface area contributed by atoms with E-state index in [4.69, 9.17) is 16.3 Å². The minimum Gasteiger partial charge on any atom is -0.482 e. The van der Waals surface area contributed by atoms with Gasteiger partial charge in [-0.2, -0.15) is 0 Å². The molecule has 0 aliphatic heterocycles. The molecule has 0 bridgehead atoms. The molecule has 0 fully saturated rings. The van der Waals surface area contributed by atoms with E-state index in [1.807, 2.05) is 37.6 Å². The zero-order chi connectivity index (χ0) is 21.0. The van der Waals surface area contributed by atoms with Gasteiger partial charge in [0, 0.05) is 17.8 Å². The summed E-state index contributed by atoms with van der Waals surface area (Å²) in [5.74, 6) is 1.59. The van der Waals surface area contributed by atoms with Gasteiger partial charge in [0.05, 0.1) is 5.75 Å². The Morgan fingerprint density at radius 3 is 2.76 bits per heavy atom. The minimum absolute atomic E-state index is 0.138. The fourth-order valence-corrected chi connectivity index (χ4v) is 3.78. The number of rotatable bonds is 7. The van der Waals surface area contributed by atoms with E-state index < -0.39 is 0 Å². The number of carbonyl (C=O) groups excluding carboxylic acids is 1. The van der Waals surface area contributed by atoms with Crippen LogP contribution in [0, 0.1) is 13.8 Å². The summed E-state index contributed by atoms with van der Waals surface area (Å²) in [6, 6.07) is 13.1. The molecular weight excluding hydrogens is 408 g/mol. The number of aromatic nitrogens is 3. The molecule has 1 aromatic heterocycles. The van der Waals surface area contributed by atoms with Crippen molar-refractivity contribution in [3.63, 3.8) is 0 Å². The highest BCUT2D eigenvalue weighted by Gasteiger charge is 2.18. The van der Waals surface area contributed by atoms with Crippen LogP contribution >= 0.6 is 23.4 Å². The second-order valence-electron chi connectivity index (χ2n) is 6.78. The Balaban J connectivity index is 1.60. The maximum absolute atomic E-state index is 12.2. The van der Waals surface area contributed by atoms with Crippen molar-refractivity contribution < 1.29 is 9.53 Å². The second-order valence-corrected chi connectivity index (χ2v) is 8.15. The van der Waals surface area contributed by atoms with Crippen LogP contribution in [0.15, 0.2) is 47.6 Å². The molecule has 1 atom stereocenters. The average Bonchev–Trinajstić information content (AvgIpc) is 3.03. The molecule has 0 saturated heterocycles. The number of ether oxygens (including phenoxy) is 1. The summed E-state index contributed by atoms with van der Waals surface area (Å²) in [4.78, 5) is 12.2. The molecule has 6 nitrogen and oxygen atoms in total. The molecule has 29 heavy (non-hydrogen) atoms. The second kappa shape index (κ2) is 9.33. The van der Waals surface area contributed by atoms with Crippen LogP contribution < -0.4 is 10.1 Å². The summed E-state index contributed by atoms with van der Waals surface area (Å²) in [6.07, 6.45) is -0.274. The third-order valence-electron chi connectivity index (χ3n) is 4.31. The number of hydrogen-bond donors (Lipinski definition) is 1. The van der Waals surface area contributed by atoms with Crippen molar-refractivity contribution in [3.05, 3.63) is 64.4 Å². The number of carbonyl (C=O) groups is 1. The van der Waals surface area contributed by atoms with Gasteiger partial charge in [-0.25, -0.2) is 0 Å². The molecular formula is C21H23ClN4O2S. The molecule has 152 valence electrons. The van der Waals surface area contributed by atoms with E-state index in [2.05, 4.69) is 28.5 Å². The average molecular weight is 431 g/mol. The topological polar surface area (TPSA) is 69.0 Å². The summed E-state index contributed by atoms with van der Waals surface area (Å²) >= 11 is 7.26. The lowest BCUT2D eigenvalue weighted by atomic mass is 10.1. The van der Waals surface area contributed by atoms with E-state index in [0.29, 0.717) is 21.7 Å². The van der Waals surface area contributed by atoms with E-state index in [9.17, 15) is 4.79 Å². The van der Waals surface area contributed by atoms with Crippen molar-refractivity contribution >= 4 is 35.0 Å². The van der Waals surface area contributed by atoms with Crippen LogP contribution in [0.3, 0.4) is 0 Å². The quantitative estimate of drug-likeness (QED) is 0.536. The molecule has 0 aliphatic rings. The summed E-state index contributed by atoms with van der Waals surface area (Å²) < 4.78 is 7.92.